The van der Waals surface area contributed by atoms with Gasteiger partial charge in [0.2, 0.25) is 0 Å². The second-order valence-electron chi connectivity index (χ2n) is 4.10. The molecule has 0 aliphatic heterocycles. The number of ether oxygens (including phenoxy) is 2. The Balaban J connectivity index is 3.47. The lowest BCUT2D eigenvalue weighted by Crippen LogP contribution is -2.24. The summed E-state index contributed by atoms with van der Waals surface area (Å²) in [5.74, 6) is -3.28. The van der Waals surface area contributed by atoms with E-state index >= 15 is 0 Å². The predicted molar refractivity (Wildman–Crippen MR) is 65.8 cm³/mol. The first kappa shape index (κ1) is 19.3. The molecule has 1 heterocycles. The number of carbonyl (C=O) groups is 1. The predicted octanol–water partition coefficient (Wildman–Crippen LogP) is 3.84. The molecule has 0 saturated carbocycles. The van der Waals surface area contributed by atoms with Gasteiger partial charge in [0.15, 0.2) is 0 Å². The number of hydrogen-bond donors (Lipinski definition) is 0. The zero-order valence-electron chi connectivity index (χ0n) is 11.5. The van der Waals surface area contributed by atoms with Gasteiger partial charge >= 0.3 is 18.5 Å². The molecule has 0 aliphatic carbocycles. The summed E-state index contributed by atoms with van der Waals surface area (Å²) in [6.07, 6.45) is -10.9. The SMILES string of the molecule is CCOC(=O)Cc1ncc(CCl)c(OC(F)(F)F)c1C(F)(F)F. The van der Waals surface area contributed by atoms with E-state index in [2.05, 4.69) is 14.5 Å². The molecule has 130 valence electrons. The first-order chi connectivity index (χ1) is 10.5. The van der Waals surface area contributed by atoms with Crippen molar-refractivity contribution in [1.82, 2.24) is 4.98 Å². The highest BCUT2D eigenvalue weighted by atomic mass is 35.5. The summed E-state index contributed by atoms with van der Waals surface area (Å²) in [5.41, 5.74) is -3.35. The van der Waals surface area contributed by atoms with Crippen LogP contribution in [0.2, 0.25) is 0 Å². The standard InChI is InChI=1S/C12H10ClF6NO3/c1-2-22-8(21)3-7-9(11(14,15)16)10(23-12(17,18)19)6(4-13)5-20-7/h5H,2-4H2,1H3. The number of halogens is 7. The number of nitrogens with zero attached hydrogens (tertiary/aromatic N) is 1. The number of alkyl halides is 7. The van der Waals surface area contributed by atoms with E-state index in [0.717, 1.165) is 0 Å². The Morgan fingerprint density at radius 2 is 1.87 bits per heavy atom. The van der Waals surface area contributed by atoms with Crippen LogP contribution in [0.25, 0.3) is 0 Å². The van der Waals surface area contributed by atoms with Crippen LogP contribution in [-0.4, -0.2) is 23.9 Å². The molecule has 11 heteroatoms. The lowest BCUT2D eigenvalue weighted by molar-refractivity contribution is -0.276. The molecule has 0 aromatic carbocycles. The van der Waals surface area contributed by atoms with Gasteiger partial charge in [-0.2, -0.15) is 13.2 Å². The highest BCUT2D eigenvalue weighted by Crippen LogP contribution is 2.42. The minimum absolute atomic E-state index is 0.105. The summed E-state index contributed by atoms with van der Waals surface area (Å²) in [6.45, 7) is 1.32. The quantitative estimate of drug-likeness (QED) is 0.452. The molecule has 0 spiro atoms. The van der Waals surface area contributed by atoms with Crippen molar-refractivity contribution in [3.63, 3.8) is 0 Å². The summed E-state index contributed by atoms with van der Waals surface area (Å²) in [6, 6.07) is 0. The third-order valence-electron chi connectivity index (χ3n) is 2.45. The molecule has 1 aromatic rings. The van der Waals surface area contributed by atoms with Crippen molar-refractivity contribution in [3.8, 4) is 5.75 Å². The van der Waals surface area contributed by atoms with Crippen LogP contribution in [0.15, 0.2) is 6.20 Å². The Labute approximate surface area is 131 Å². The number of carbonyl (C=O) groups excluding carboxylic acids is 1. The van der Waals surface area contributed by atoms with Gasteiger partial charge in [-0.3, -0.25) is 9.78 Å². The molecular weight excluding hydrogens is 356 g/mol. The van der Waals surface area contributed by atoms with Crippen molar-refractivity contribution < 1.29 is 40.6 Å². The number of aromatic nitrogens is 1. The Kier molecular flexibility index (Phi) is 6.09. The summed E-state index contributed by atoms with van der Waals surface area (Å²) in [7, 11) is 0. The lowest BCUT2D eigenvalue weighted by atomic mass is 10.1. The van der Waals surface area contributed by atoms with Crippen molar-refractivity contribution in [2.45, 2.75) is 31.8 Å². The first-order valence-electron chi connectivity index (χ1n) is 6.04. The molecule has 4 nitrogen and oxygen atoms in total. The minimum Gasteiger partial charge on any atom is -0.466 e. The van der Waals surface area contributed by atoms with Crippen LogP contribution in [0.5, 0.6) is 5.75 Å². The number of esters is 1. The fourth-order valence-corrected chi connectivity index (χ4v) is 1.86. The molecule has 0 saturated heterocycles. The summed E-state index contributed by atoms with van der Waals surface area (Å²) < 4.78 is 84.6. The zero-order valence-corrected chi connectivity index (χ0v) is 12.3. The van der Waals surface area contributed by atoms with Crippen molar-refractivity contribution in [2.75, 3.05) is 6.61 Å². The van der Waals surface area contributed by atoms with Crippen LogP contribution in [0, 0.1) is 0 Å². The monoisotopic (exact) mass is 365 g/mol. The fraction of sp³-hybridized carbons (Fsp3) is 0.500. The van der Waals surface area contributed by atoms with Crippen LogP contribution in [0.1, 0.15) is 23.7 Å². The highest BCUT2D eigenvalue weighted by molar-refractivity contribution is 6.17. The van der Waals surface area contributed by atoms with Crippen LogP contribution in [-0.2, 0) is 28.0 Å². The summed E-state index contributed by atoms with van der Waals surface area (Å²) in [5, 5.41) is 0. The van der Waals surface area contributed by atoms with Gasteiger partial charge in [0, 0.05) is 11.8 Å². The second kappa shape index (κ2) is 7.24. The van der Waals surface area contributed by atoms with Crippen LogP contribution >= 0.6 is 11.6 Å². The molecule has 1 aromatic heterocycles. The molecule has 0 aliphatic rings. The average Bonchev–Trinajstić information content (AvgIpc) is 2.35. The van der Waals surface area contributed by atoms with Gasteiger partial charge in [-0.15, -0.1) is 24.8 Å². The van der Waals surface area contributed by atoms with Gasteiger partial charge < -0.3 is 9.47 Å². The van der Waals surface area contributed by atoms with E-state index in [-0.39, 0.29) is 6.61 Å². The Morgan fingerprint density at radius 1 is 1.26 bits per heavy atom. The molecule has 1 rings (SSSR count). The smallest absolute Gasteiger partial charge is 0.466 e. The first-order valence-corrected chi connectivity index (χ1v) is 6.58. The third-order valence-corrected chi connectivity index (χ3v) is 2.73. The van der Waals surface area contributed by atoms with Gasteiger partial charge in [-0.05, 0) is 6.92 Å². The van der Waals surface area contributed by atoms with Gasteiger partial charge in [0.25, 0.3) is 0 Å². The average molecular weight is 366 g/mol. The maximum Gasteiger partial charge on any atom is 0.573 e. The van der Waals surface area contributed by atoms with E-state index in [1.165, 1.54) is 6.92 Å². The van der Waals surface area contributed by atoms with E-state index in [4.69, 9.17) is 11.6 Å². The molecule has 0 amide bonds. The molecule has 0 atom stereocenters. The minimum atomic E-state index is -5.37. The topological polar surface area (TPSA) is 48.4 Å². The van der Waals surface area contributed by atoms with Crippen LogP contribution in [0.3, 0.4) is 0 Å². The molecule has 0 N–H and O–H groups in total. The maximum atomic E-state index is 13.2. The van der Waals surface area contributed by atoms with E-state index in [1.54, 1.807) is 0 Å². The summed E-state index contributed by atoms with van der Waals surface area (Å²) >= 11 is 5.34. The Bertz CT molecular complexity index is 573. The van der Waals surface area contributed by atoms with E-state index < -0.39 is 53.4 Å². The summed E-state index contributed by atoms with van der Waals surface area (Å²) in [4.78, 5) is 14.7. The molecule has 0 unspecified atom stereocenters. The molecule has 0 radical (unpaired) electrons. The number of pyridine rings is 1. The highest BCUT2D eigenvalue weighted by Gasteiger charge is 2.43. The third kappa shape index (κ3) is 5.45. The Hall–Kier alpha value is -1.71. The van der Waals surface area contributed by atoms with Gasteiger partial charge in [0.1, 0.15) is 11.3 Å². The lowest BCUT2D eigenvalue weighted by Gasteiger charge is -2.20. The molecule has 0 bridgehead atoms. The molecule has 23 heavy (non-hydrogen) atoms. The van der Waals surface area contributed by atoms with E-state index in [0.29, 0.717) is 6.20 Å². The molecule has 0 fully saturated rings. The van der Waals surface area contributed by atoms with Crippen molar-refractivity contribution in [1.29, 1.82) is 0 Å². The molecular formula is C12H10ClF6NO3. The van der Waals surface area contributed by atoms with Crippen molar-refractivity contribution in [2.24, 2.45) is 0 Å². The number of hydrogen-bond acceptors (Lipinski definition) is 4. The van der Waals surface area contributed by atoms with Crippen molar-refractivity contribution in [3.05, 3.63) is 23.0 Å². The number of rotatable bonds is 5. The van der Waals surface area contributed by atoms with E-state index in [1.807, 2.05) is 0 Å². The van der Waals surface area contributed by atoms with E-state index in [9.17, 15) is 31.1 Å². The van der Waals surface area contributed by atoms with Crippen LogP contribution in [0.4, 0.5) is 26.3 Å². The van der Waals surface area contributed by atoms with Gasteiger partial charge in [0.05, 0.1) is 24.6 Å². The Morgan fingerprint density at radius 3 is 2.30 bits per heavy atom. The fourth-order valence-electron chi connectivity index (χ4n) is 1.67. The second-order valence-corrected chi connectivity index (χ2v) is 4.36. The largest absolute Gasteiger partial charge is 0.573 e. The van der Waals surface area contributed by atoms with Crippen molar-refractivity contribution >= 4 is 17.6 Å². The normalized spacial score (nSPS) is 12.2. The van der Waals surface area contributed by atoms with Gasteiger partial charge in [-0.25, -0.2) is 0 Å². The van der Waals surface area contributed by atoms with Gasteiger partial charge in [-0.1, -0.05) is 0 Å². The zero-order chi connectivity index (χ0) is 17.8. The van der Waals surface area contributed by atoms with Crippen LogP contribution < -0.4 is 4.74 Å². The maximum absolute atomic E-state index is 13.2.